The van der Waals surface area contributed by atoms with E-state index in [2.05, 4.69) is 4.98 Å². The van der Waals surface area contributed by atoms with Gasteiger partial charge in [0.25, 0.3) is 10.0 Å². The van der Waals surface area contributed by atoms with E-state index in [-0.39, 0.29) is 28.6 Å². The molecule has 2 aromatic rings. The summed E-state index contributed by atoms with van der Waals surface area (Å²) in [5, 5.41) is 8.33. The molecule has 0 amide bonds. The number of benzene rings is 1. The lowest BCUT2D eigenvalue weighted by atomic mass is 10.3. The molecule has 0 spiro atoms. The summed E-state index contributed by atoms with van der Waals surface area (Å²) in [6.07, 6.45) is 0.743. The summed E-state index contributed by atoms with van der Waals surface area (Å²) in [6, 6.07) is 0.463. The molecule has 0 aliphatic carbocycles. The van der Waals surface area contributed by atoms with Gasteiger partial charge in [-0.15, -0.1) is 11.3 Å². The van der Waals surface area contributed by atoms with E-state index in [1.807, 2.05) is 4.72 Å². The van der Waals surface area contributed by atoms with Gasteiger partial charge in [-0.2, -0.15) is 0 Å². The van der Waals surface area contributed by atoms with E-state index >= 15 is 0 Å². The van der Waals surface area contributed by atoms with Gasteiger partial charge in [0.15, 0.2) is 10.0 Å². The summed E-state index contributed by atoms with van der Waals surface area (Å²) in [5.74, 6) is -5.58. The van der Waals surface area contributed by atoms with Crippen LogP contribution in [0.4, 0.5) is 18.3 Å². The fourth-order valence-electron chi connectivity index (χ4n) is 1.54. The number of aromatic nitrogens is 1. The van der Waals surface area contributed by atoms with Crippen LogP contribution < -0.4 is 4.72 Å². The molecule has 0 atom stereocenters. The third-order valence-electron chi connectivity index (χ3n) is 2.33. The molecule has 0 saturated heterocycles. The van der Waals surface area contributed by atoms with Gasteiger partial charge in [-0.05, 0) is 0 Å². The first kappa shape index (κ1) is 16.2. The first-order valence-corrected chi connectivity index (χ1v) is 7.83. The van der Waals surface area contributed by atoms with Gasteiger partial charge in [-0.1, -0.05) is 0 Å². The van der Waals surface area contributed by atoms with Crippen LogP contribution in [0.25, 0.3) is 0 Å². The molecule has 0 bridgehead atoms. The van der Waals surface area contributed by atoms with E-state index in [9.17, 15) is 26.4 Å². The van der Waals surface area contributed by atoms with E-state index < -0.39 is 38.3 Å². The highest BCUT2D eigenvalue weighted by molar-refractivity contribution is 7.93. The third-order valence-corrected chi connectivity index (χ3v) is 4.76. The van der Waals surface area contributed by atoms with Gasteiger partial charge in [-0.3, -0.25) is 9.52 Å². The van der Waals surface area contributed by atoms with Crippen LogP contribution in [-0.4, -0.2) is 24.5 Å². The van der Waals surface area contributed by atoms with Crippen LogP contribution >= 0.6 is 11.3 Å². The Kier molecular flexibility index (Phi) is 4.37. The van der Waals surface area contributed by atoms with Crippen LogP contribution in [0, 0.1) is 17.5 Å². The van der Waals surface area contributed by atoms with Crippen molar-refractivity contribution in [3.05, 3.63) is 40.7 Å². The van der Waals surface area contributed by atoms with Gasteiger partial charge in [0.2, 0.25) is 0 Å². The number of carboxylic acid groups (broad SMARTS) is 1. The smallest absolute Gasteiger partial charge is 0.308 e. The summed E-state index contributed by atoms with van der Waals surface area (Å²) >= 11 is 0.696. The third kappa shape index (κ3) is 3.54. The number of nitrogens with zero attached hydrogens (tertiary/aromatic N) is 1. The lowest BCUT2D eigenvalue weighted by Crippen LogP contribution is -2.16. The molecule has 0 aliphatic rings. The summed E-state index contributed by atoms with van der Waals surface area (Å²) in [5.41, 5.74) is 0. The van der Waals surface area contributed by atoms with Crippen molar-refractivity contribution in [3.8, 4) is 0 Å². The highest BCUT2D eigenvalue weighted by atomic mass is 32.2. The lowest BCUT2D eigenvalue weighted by Gasteiger charge is -2.07. The quantitative estimate of drug-likeness (QED) is 0.858. The summed E-state index contributed by atoms with van der Waals surface area (Å²) < 4.78 is 65.4. The van der Waals surface area contributed by atoms with Crippen molar-refractivity contribution >= 4 is 32.5 Å². The predicted octanol–water partition coefficient (Wildman–Crippen LogP) is 1.99. The van der Waals surface area contributed by atoms with Gasteiger partial charge in [0.1, 0.15) is 17.5 Å². The molecule has 1 heterocycles. The maximum Gasteiger partial charge on any atom is 0.308 e. The molecule has 0 aliphatic heterocycles. The van der Waals surface area contributed by atoms with E-state index in [0.29, 0.717) is 11.3 Å². The number of thiazole rings is 1. The molecular weight excluding hydrogens is 345 g/mol. The minimum absolute atomic E-state index is 0.231. The summed E-state index contributed by atoms with van der Waals surface area (Å²) in [6.45, 7) is 0. The zero-order chi connectivity index (χ0) is 16.5. The van der Waals surface area contributed by atoms with E-state index in [1.54, 1.807) is 0 Å². The number of hydrogen-bond donors (Lipinski definition) is 2. The summed E-state index contributed by atoms with van der Waals surface area (Å²) in [4.78, 5) is 13.0. The molecule has 6 nitrogen and oxygen atoms in total. The molecule has 118 valence electrons. The number of aliphatic carboxylic acids is 1. The zero-order valence-corrected chi connectivity index (χ0v) is 12.1. The average Bonchev–Trinajstić information content (AvgIpc) is 2.72. The predicted molar refractivity (Wildman–Crippen MR) is 70.6 cm³/mol. The Balaban J connectivity index is 2.32. The molecule has 1 aromatic heterocycles. The van der Waals surface area contributed by atoms with Gasteiger partial charge < -0.3 is 5.11 Å². The van der Waals surface area contributed by atoms with Gasteiger partial charge in [-0.25, -0.2) is 26.6 Å². The number of anilines is 1. The van der Waals surface area contributed by atoms with Crippen LogP contribution in [0.3, 0.4) is 0 Å². The molecule has 0 fully saturated rings. The Bertz CT molecular complexity index is 813. The highest BCUT2D eigenvalue weighted by Crippen LogP contribution is 2.25. The molecular formula is C11H7F3N2O4S2. The Morgan fingerprint density at radius 3 is 2.41 bits per heavy atom. The number of nitrogens with one attached hydrogen (secondary N) is 1. The van der Waals surface area contributed by atoms with Crippen molar-refractivity contribution in [2.45, 2.75) is 11.3 Å². The Hall–Kier alpha value is -2.14. The number of halogens is 3. The standard InChI is InChI=1S/C11H7F3N2O4S2/c12-5-1-7(13)10(8(14)2-5)22(19,20)16-11-15-4-6(21-11)3-9(17)18/h1-2,4H,3H2,(H,15,16)(H,17,18). The molecule has 11 heteroatoms. The fraction of sp³-hybridized carbons (Fsp3) is 0.0909. The molecule has 0 radical (unpaired) electrons. The minimum atomic E-state index is -4.67. The van der Waals surface area contributed by atoms with Crippen LogP contribution in [0.1, 0.15) is 4.88 Å². The Labute approximate surface area is 126 Å². The number of rotatable bonds is 5. The average molecular weight is 352 g/mol. The topological polar surface area (TPSA) is 96.4 Å². The fourth-order valence-corrected chi connectivity index (χ4v) is 3.70. The van der Waals surface area contributed by atoms with Crippen molar-refractivity contribution in [3.63, 3.8) is 0 Å². The number of hydrogen-bond acceptors (Lipinski definition) is 5. The lowest BCUT2D eigenvalue weighted by molar-refractivity contribution is -0.136. The highest BCUT2D eigenvalue weighted by Gasteiger charge is 2.26. The van der Waals surface area contributed by atoms with Crippen molar-refractivity contribution < 1.29 is 31.5 Å². The SMILES string of the molecule is O=C(O)Cc1cnc(NS(=O)(=O)c2c(F)cc(F)cc2F)s1. The second-order valence-corrected chi connectivity index (χ2v) is 6.74. The van der Waals surface area contributed by atoms with Crippen LogP contribution in [-0.2, 0) is 21.2 Å². The van der Waals surface area contributed by atoms with Crippen molar-refractivity contribution in [1.29, 1.82) is 0 Å². The Morgan fingerprint density at radius 1 is 1.27 bits per heavy atom. The second-order valence-electron chi connectivity index (χ2n) is 4.01. The maximum absolute atomic E-state index is 13.5. The van der Waals surface area contributed by atoms with Gasteiger partial charge in [0, 0.05) is 23.2 Å². The minimum Gasteiger partial charge on any atom is -0.481 e. The molecule has 1 aromatic carbocycles. The van der Waals surface area contributed by atoms with Crippen molar-refractivity contribution in [2.75, 3.05) is 4.72 Å². The van der Waals surface area contributed by atoms with Crippen LogP contribution in [0.5, 0.6) is 0 Å². The van der Waals surface area contributed by atoms with E-state index in [0.717, 1.165) is 6.20 Å². The number of sulfonamides is 1. The summed E-state index contributed by atoms with van der Waals surface area (Å²) in [7, 11) is -4.67. The van der Waals surface area contributed by atoms with Crippen molar-refractivity contribution in [1.82, 2.24) is 4.98 Å². The van der Waals surface area contributed by atoms with Crippen LogP contribution in [0.2, 0.25) is 0 Å². The van der Waals surface area contributed by atoms with Gasteiger partial charge >= 0.3 is 5.97 Å². The first-order chi connectivity index (χ1) is 10.2. The van der Waals surface area contributed by atoms with Crippen molar-refractivity contribution in [2.24, 2.45) is 0 Å². The number of carbonyl (C=O) groups is 1. The zero-order valence-electron chi connectivity index (χ0n) is 10.5. The molecule has 2 N–H and O–H groups in total. The normalized spacial score (nSPS) is 11.4. The maximum atomic E-state index is 13.5. The van der Waals surface area contributed by atoms with E-state index in [4.69, 9.17) is 5.11 Å². The molecule has 0 saturated carbocycles. The first-order valence-electron chi connectivity index (χ1n) is 5.53. The van der Waals surface area contributed by atoms with Gasteiger partial charge in [0.05, 0.1) is 6.42 Å². The van der Waals surface area contributed by atoms with Crippen LogP contribution in [0.15, 0.2) is 23.2 Å². The Morgan fingerprint density at radius 2 is 1.86 bits per heavy atom. The second kappa shape index (κ2) is 5.93. The monoisotopic (exact) mass is 352 g/mol. The number of carboxylic acids is 1. The largest absolute Gasteiger partial charge is 0.481 e. The van der Waals surface area contributed by atoms with E-state index in [1.165, 1.54) is 0 Å². The molecule has 0 unspecified atom stereocenters. The molecule has 22 heavy (non-hydrogen) atoms. The molecule has 2 rings (SSSR count).